The molecule has 2 fully saturated rings. The summed E-state index contributed by atoms with van der Waals surface area (Å²) in [5.74, 6) is -0.351. The first-order valence-electron chi connectivity index (χ1n) is 13.8. The Morgan fingerprint density at radius 1 is 0.977 bits per heavy atom. The van der Waals surface area contributed by atoms with Gasteiger partial charge in [0.1, 0.15) is 18.1 Å². The number of para-hydroxylation sites is 2. The largest absolute Gasteiger partial charge is 0.489 e. The summed E-state index contributed by atoms with van der Waals surface area (Å²) in [5, 5.41) is 8.71. The number of nitrogens with one attached hydrogen (secondary N) is 3. The Hall–Kier alpha value is -5.45. The number of fused-ring (bicyclic) bond motifs is 1. The topological polar surface area (TPSA) is 139 Å². The lowest BCUT2D eigenvalue weighted by atomic mass is 9.93. The van der Waals surface area contributed by atoms with Crippen molar-refractivity contribution in [3.63, 3.8) is 0 Å². The van der Waals surface area contributed by atoms with E-state index in [-0.39, 0.29) is 25.6 Å². The quantitative estimate of drug-likeness (QED) is 0.273. The van der Waals surface area contributed by atoms with E-state index in [2.05, 4.69) is 20.9 Å². The van der Waals surface area contributed by atoms with Gasteiger partial charge >= 0.3 is 6.03 Å². The monoisotopic (exact) mass is 579 g/mol. The first kappa shape index (κ1) is 27.7. The number of ether oxygens (including phenoxy) is 2. The Bertz CT molecular complexity index is 1710. The highest BCUT2D eigenvalue weighted by atomic mass is 16.5. The van der Waals surface area contributed by atoms with Gasteiger partial charge in [-0.3, -0.25) is 24.7 Å². The maximum atomic E-state index is 13.3. The third-order valence-electron chi connectivity index (χ3n) is 7.61. The zero-order valence-corrected chi connectivity index (χ0v) is 23.3. The maximum Gasteiger partial charge on any atom is 0.322 e. The molecule has 0 aliphatic carbocycles. The molecule has 3 heterocycles. The number of carbonyl (C=O) groups excluding carboxylic acids is 4. The average Bonchev–Trinajstić information content (AvgIpc) is 3.52. The van der Waals surface area contributed by atoms with Gasteiger partial charge in [0.15, 0.2) is 12.1 Å². The second-order valence-corrected chi connectivity index (χ2v) is 10.5. The number of benzene rings is 3. The highest BCUT2D eigenvalue weighted by Crippen LogP contribution is 2.27. The molecule has 0 bridgehead atoms. The third kappa shape index (κ3) is 5.69. The molecular formula is C32H29N5O6. The first-order valence-corrected chi connectivity index (χ1v) is 13.8. The molecule has 218 valence electrons. The standard InChI is InChI=1S/C32H29N5O6/c1-20-15-22(25-9-5-6-10-26(25)33-20)17-42-24-13-11-21(12-14-24)29(39)34-27-16-37(19-32(27)30(40)35-31(41)36-32)28(38)18-43-23-7-3-2-4-8-23/h2-15,27H,16-19H2,1H3,(H,34,39)(H2,35,36,40,41)/t27-,32-/m0/s1. The van der Waals surface area contributed by atoms with Crippen LogP contribution >= 0.6 is 0 Å². The molecular weight excluding hydrogens is 550 g/mol. The van der Waals surface area contributed by atoms with E-state index in [1.165, 1.54) is 4.90 Å². The van der Waals surface area contributed by atoms with Gasteiger partial charge in [-0.1, -0.05) is 36.4 Å². The highest BCUT2D eigenvalue weighted by molar-refractivity contribution is 6.09. The Morgan fingerprint density at radius 3 is 2.44 bits per heavy atom. The number of amides is 5. The highest BCUT2D eigenvalue weighted by Gasteiger charge is 2.58. The number of hydrogen-bond donors (Lipinski definition) is 3. The summed E-state index contributed by atoms with van der Waals surface area (Å²) < 4.78 is 11.6. The predicted molar refractivity (Wildman–Crippen MR) is 156 cm³/mol. The van der Waals surface area contributed by atoms with Crippen molar-refractivity contribution in [2.45, 2.75) is 25.1 Å². The van der Waals surface area contributed by atoms with Gasteiger partial charge in [-0.25, -0.2) is 4.79 Å². The molecule has 4 aromatic rings. The van der Waals surface area contributed by atoms with Crippen LogP contribution in [0.3, 0.4) is 0 Å². The summed E-state index contributed by atoms with van der Waals surface area (Å²) in [7, 11) is 0. The molecule has 43 heavy (non-hydrogen) atoms. The number of aryl methyl sites for hydroxylation is 1. The number of carbonyl (C=O) groups is 4. The molecule has 0 saturated carbocycles. The molecule has 2 aliphatic rings. The van der Waals surface area contributed by atoms with Crippen LogP contribution in [0.5, 0.6) is 11.5 Å². The zero-order valence-electron chi connectivity index (χ0n) is 23.3. The van der Waals surface area contributed by atoms with Crippen molar-refractivity contribution in [2.24, 2.45) is 0 Å². The van der Waals surface area contributed by atoms with E-state index in [0.29, 0.717) is 23.7 Å². The summed E-state index contributed by atoms with van der Waals surface area (Å²) in [4.78, 5) is 57.2. The predicted octanol–water partition coefficient (Wildman–Crippen LogP) is 2.72. The first-order chi connectivity index (χ1) is 20.8. The van der Waals surface area contributed by atoms with Crippen molar-refractivity contribution in [3.05, 3.63) is 102 Å². The van der Waals surface area contributed by atoms with E-state index in [1.54, 1.807) is 48.5 Å². The smallest absolute Gasteiger partial charge is 0.322 e. The molecule has 11 heteroatoms. The third-order valence-corrected chi connectivity index (χ3v) is 7.61. The van der Waals surface area contributed by atoms with Crippen molar-refractivity contribution in [1.29, 1.82) is 0 Å². The molecule has 1 aromatic heterocycles. The molecule has 11 nitrogen and oxygen atoms in total. The molecule has 2 aliphatic heterocycles. The van der Waals surface area contributed by atoms with Gasteiger partial charge in [0.2, 0.25) is 0 Å². The number of nitrogens with zero attached hydrogens (tertiary/aromatic N) is 2. The summed E-state index contributed by atoms with van der Waals surface area (Å²) in [6.45, 7) is 1.91. The van der Waals surface area contributed by atoms with Crippen molar-refractivity contribution in [2.75, 3.05) is 19.7 Å². The lowest BCUT2D eigenvalue weighted by Gasteiger charge is -2.27. The molecule has 1 spiro atoms. The van der Waals surface area contributed by atoms with Crippen LogP contribution in [0.15, 0.2) is 84.9 Å². The van der Waals surface area contributed by atoms with E-state index < -0.39 is 29.4 Å². The number of hydrogen-bond acceptors (Lipinski definition) is 7. The van der Waals surface area contributed by atoms with E-state index in [4.69, 9.17) is 9.47 Å². The number of pyridine rings is 1. The minimum Gasteiger partial charge on any atom is -0.489 e. The lowest BCUT2D eigenvalue weighted by Crippen LogP contribution is -2.62. The molecule has 2 atom stereocenters. The zero-order chi connectivity index (χ0) is 30.0. The number of rotatable bonds is 8. The fourth-order valence-electron chi connectivity index (χ4n) is 5.45. The van der Waals surface area contributed by atoms with Crippen molar-refractivity contribution >= 4 is 34.7 Å². The molecule has 5 amide bonds. The van der Waals surface area contributed by atoms with Gasteiger partial charge in [-0.15, -0.1) is 0 Å². The molecule has 6 rings (SSSR count). The Labute approximate surface area is 247 Å². The van der Waals surface area contributed by atoms with Crippen LogP contribution in [-0.2, 0) is 16.2 Å². The molecule has 3 N–H and O–H groups in total. The van der Waals surface area contributed by atoms with Crippen LogP contribution in [0.2, 0.25) is 0 Å². The summed E-state index contributed by atoms with van der Waals surface area (Å²) in [6.07, 6.45) is 0. The van der Waals surface area contributed by atoms with Gasteiger partial charge in [-0.2, -0.15) is 0 Å². The molecule has 3 aromatic carbocycles. The van der Waals surface area contributed by atoms with Crippen LogP contribution < -0.4 is 25.4 Å². The minimum absolute atomic E-state index is 0.0108. The fraction of sp³-hybridized carbons (Fsp3) is 0.219. The number of aromatic nitrogens is 1. The summed E-state index contributed by atoms with van der Waals surface area (Å²) in [5.41, 5.74) is 1.62. The number of urea groups is 1. The van der Waals surface area contributed by atoms with E-state index in [0.717, 1.165) is 22.2 Å². The SMILES string of the molecule is Cc1cc(COc2ccc(C(=O)N[C@H]3CN(C(=O)COc4ccccc4)C[C@]34NC(=O)NC4=O)cc2)c2ccccc2n1. The van der Waals surface area contributed by atoms with Gasteiger partial charge < -0.3 is 25.0 Å². The lowest BCUT2D eigenvalue weighted by molar-refractivity contribution is -0.132. The van der Waals surface area contributed by atoms with Crippen molar-refractivity contribution < 1.29 is 28.7 Å². The van der Waals surface area contributed by atoms with Gasteiger partial charge in [0, 0.05) is 28.8 Å². The van der Waals surface area contributed by atoms with Gasteiger partial charge in [0.25, 0.3) is 17.7 Å². The van der Waals surface area contributed by atoms with Gasteiger partial charge in [-0.05, 0) is 55.5 Å². The summed E-state index contributed by atoms with van der Waals surface area (Å²) >= 11 is 0. The van der Waals surface area contributed by atoms with E-state index in [1.807, 2.05) is 43.3 Å². The molecule has 0 radical (unpaired) electrons. The molecule has 2 saturated heterocycles. The minimum atomic E-state index is -1.50. The number of likely N-dealkylation sites (tertiary alicyclic amines) is 1. The van der Waals surface area contributed by atoms with Crippen LogP contribution in [0.1, 0.15) is 21.6 Å². The van der Waals surface area contributed by atoms with Crippen molar-refractivity contribution in [3.8, 4) is 11.5 Å². The van der Waals surface area contributed by atoms with Crippen LogP contribution in [0.25, 0.3) is 10.9 Å². The Kier molecular flexibility index (Phi) is 7.37. The maximum absolute atomic E-state index is 13.3. The average molecular weight is 580 g/mol. The van der Waals surface area contributed by atoms with Gasteiger partial charge in [0.05, 0.1) is 18.1 Å². The number of imide groups is 1. The van der Waals surface area contributed by atoms with E-state index in [9.17, 15) is 19.2 Å². The van der Waals surface area contributed by atoms with Crippen LogP contribution in [0, 0.1) is 6.92 Å². The van der Waals surface area contributed by atoms with Crippen LogP contribution in [-0.4, -0.2) is 64.9 Å². The normalized spacial score (nSPS) is 19.3. The molecule has 0 unspecified atom stereocenters. The second-order valence-electron chi connectivity index (χ2n) is 10.5. The van der Waals surface area contributed by atoms with E-state index >= 15 is 0 Å². The van der Waals surface area contributed by atoms with Crippen LogP contribution in [0.4, 0.5) is 4.79 Å². The summed E-state index contributed by atoms with van der Waals surface area (Å²) in [6, 6.07) is 23.8. The Morgan fingerprint density at radius 2 is 1.70 bits per heavy atom. The fourth-order valence-corrected chi connectivity index (χ4v) is 5.45. The Balaban J connectivity index is 1.12. The van der Waals surface area contributed by atoms with Crippen molar-refractivity contribution in [1.82, 2.24) is 25.8 Å². The second kappa shape index (κ2) is 11.4.